The first kappa shape index (κ1) is 10.9. The fourth-order valence-corrected chi connectivity index (χ4v) is 1.68. The van der Waals surface area contributed by atoms with Crippen molar-refractivity contribution in [3.05, 3.63) is 34.6 Å². The SMILES string of the molecule is O=CC(C=O)c1cnc2ccc(Br)cc2n1. The predicted molar refractivity (Wildman–Crippen MR) is 62.1 cm³/mol. The molecule has 0 radical (unpaired) electrons. The standard InChI is InChI=1S/C11H7BrN2O2/c12-8-1-2-9-10(3-8)14-11(4-13-9)7(5-15)6-16/h1-7H. The maximum atomic E-state index is 10.6. The Hall–Kier alpha value is -1.62. The van der Waals surface area contributed by atoms with Gasteiger partial charge in [0.2, 0.25) is 0 Å². The van der Waals surface area contributed by atoms with E-state index in [4.69, 9.17) is 0 Å². The molecule has 16 heavy (non-hydrogen) atoms. The maximum absolute atomic E-state index is 10.6. The smallest absolute Gasteiger partial charge is 0.136 e. The molecule has 0 spiro atoms. The van der Waals surface area contributed by atoms with Gasteiger partial charge in [0.15, 0.2) is 0 Å². The highest BCUT2D eigenvalue weighted by molar-refractivity contribution is 9.10. The minimum Gasteiger partial charge on any atom is -0.302 e. The van der Waals surface area contributed by atoms with E-state index < -0.39 is 5.92 Å². The van der Waals surface area contributed by atoms with Crippen LogP contribution in [0.15, 0.2) is 28.9 Å². The molecule has 0 saturated carbocycles. The summed E-state index contributed by atoms with van der Waals surface area (Å²) in [5, 5.41) is 0. The van der Waals surface area contributed by atoms with Crippen molar-refractivity contribution >= 4 is 39.5 Å². The Balaban J connectivity index is 2.57. The summed E-state index contributed by atoms with van der Waals surface area (Å²) in [6, 6.07) is 5.46. The molecule has 0 unspecified atom stereocenters. The first-order valence-electron chi connectivity index (χ1n) is 4.57. The summed E-state index contributed by atoms with van der Waals surface area (Å²) in [6.07, 6.45) is 2.56. The van der Waals surface area contributed by atoms with Crippen LogP contribution in [0.5, 0.6) is 0 Å². The molecule has 1 heterocycles. The second-order valence-corrected chi connectivity index (χ2v) is 4.14. The summed E-state index contributed by atoms with van der Waals surface area (Å²) in [4.78, 5) is 29.6. The van der Waals surface area contributed by atoms with Crippen molar-refractivity contribution < 1.29 is 9.59 Å². The van der Waals surface area contributed by atoms with Crippen LogP contribution >= 0.6 is 15.9 Å². The van der Waals surface area contributed by atoms with E-state index in [0.29, 0.717) is 23.8 Å². The average molecular weight is 279 g/mol. The largest absolute Gasteiger partial charge is 0.302 e. The van der Waals surface area contributed by atoms with E-state index in [-0.39, 0.29) is 0 Å². The number of aldehydes is 2. The molecule has 0 aliphatic rings. The van der Waals surface area contributed by atoms with Crippen LogP contribution in [0.3, 0.4) is 0 Å². The summed E-state index contributed by atoms with van der Waals surface area (Å²) in [6.45, 7) is 0. The Morgan fingerprint density at radius 3 is 2.62 bits per heavy atom. The van der Waals surface area contributed by atoms with Gasteiger partial charge in [-0.15, -0.1) is 0 Å². The molecule has 0 N–H and O–H groups in total. The lowest BCUT2D eigenvalue weighted by atomic mass is 10.1. The third-order valence-electron chi connectivity index (χ3n) is 2.16. The zero-order valence-electron chi connectivity index (χ0n) is 8.13. The molecule has 0 fully saturated rings. The van der Waals surface area contributed by atoms with Gasteiger partial charge in [0.1, 0.15) is 18.5 Å². The number of aromatic nitrogens is 2. The number of fused-ring (bicyclic) bond motifs is 1. The van der Waals surface area contributed by atoms with Crippen LogP contribution in [-0.2, 0) is 9.59 Å². The van der Waals surface area contributed by atoms with Crippen LogP contribution in [0.25, 0.3) is 11.0 Å². The van der Waals surface area contributed by atoms with E-state index in [1.165, 1.54) is 6.20 Å². The lowest BCUT2D eigenvalue weighted by molar-refractivity contribution is -0.116. The Labute approximate surface area is 99.8 Å². The second kappa shape index (κ2) is 4.49. The first-order chi connectivity index (χ1) is 7.74. The lowest BCUT2D eigenvalue weighted by Crippen LogP contribution is -2.05. The molecule has 1 aromatic carbocycles. The third kappa shape index (κ3) is 1.99. The van der Waals surface area contributed by atoms with Gasteiger partial charge in [-0.2, -0.15) is 0 Å². The van der Waals surface area contributed by atoms with Gasteiger partial charge in [0.25, 0.3) is 0 Å². The Bertz CT molecular complexity index is 549. The minimum absolute atomic E-state index is 0.371. The summed E-state index contributed by atoms with van der Waals surface area (Å²) in [5.74, 6) is -0.837. The summed E-state index contributed by atoms with van der Waals surface area (Å²) >= 11 is 3.32. The van der Waals surface area contributed by atoms with Crippen LogP contribution in [0, 0.1) is 0 Å². The number of halogens is 1. The van der Waals surface area contributed by atoms with Crippen molar-refractivity contribution in [1.29, 1.82) is 0 Å². The van der Waals surface area contributed by atoms with Crippen LogP contribution in [-0.4, -0.2) is 22.5 Å². The number of rotatable bonds is 3. The van der Waals surface area contributed by atoms with E-state index in [0.717, 1.165) is 9.99 Å². The van der Waals surface area contributed by atoms with Crippen molar-refractivity contribution in [2.45, 2.75) is 5.92 Å². The normalized spacial score (nSPS) is 10.6. The Morgan fingerprint density at radius 1 is 1.19 bits per heavy atom. The van der Waals surface area contributed by atoms with Crippen molar-refractivity contribution in [2.75, 3.05) is 0 Å². The summed E-state index contributed by atoms with van der Waals surface area (Å²) in [7, 11) is 0. The van der Waals surface area contributed by atoms with Gasteiger partial charge < -0.3 is 9.59 Å². The predicted octanol–water partition coefficient (Wildman–Crippen LogP) is 1.87. The van der Waals surface area contributed by atoms with E-state index in [2.05, 4.69) is 25.9 Å². The van der Waals surface area contributed by atoms with Gasteiger partial charge in [-0.25, -0.2) is 4.98 Å². The van der Waals surface area contributed by atoms with Gasteiger partial charge in [-0.05, 0) is 18.2 Å². The molecule has 2 rings (SSSR count). The van der Waals surface area contributed by atoms with Crippen molar-refractivity contribution in [1.82, 2.24) is 9.97 Å². The van der Waals surface area contributed by atoms with Crippen molar-refractivity contribution in [2.24, 2.45) is 0 Å². The van der Waals surface area contributed by atoms with Crippen LogP contribution in [0.2, 0.25) is 0 Å². The average Bonchev–Trinajstić information content (AvgIpc) is 2.30. The molecule has 4 nitrogen and oxygen atoms in total. The highest BCUT2D eigenvalue weighted by Crippen LogP contribution is 2.18. The number of hydrogen-bond donors (Lipinski definition) is 0. The summed E-state index contributed by atoms with van der Waals surface area (Å²) in [5.41, 5.74) is 1.75. The van der Waals surface area contributed by atoms with Crippen LogP contribution < -0.4 is 0 Å². The molecule has 2 aromatic rings. The minimum atomic E-state index is -0.837. The van der Waals surface area contributed by atoms with Crippen molar-refractivity contribution in [3.8, 4) is 0 Å². The van der Waals surface area contributed by atoms with E-state index in [1.807, 2.05) is 12.1 Å². The first-order valence-corrected chi connectivity index (χ1v) is 5.36. The van der Waals surface area contributed by atoms with Gasteiger partial charge in [-0.1, -0.05) is 15.9 Å². The topological polar surface area (TPSA) is 59.9 Å². The molecule has 0 aliphatic heterocycles. The molecule has 0 aliphatic carbocycles. The molecule has 1 aromatic heterocycles. The Morgan fingerprint density at radius 2 is 1.94 bits per heavy atom. The molecule has 0 bridgehead atoms. The zero-order chi connectivity index (χ0) is 11.5. The number of benzene rings is 1. The number of carbonyl (C=O) groups excluding carboxylic acids is 2. The molecule has 0 amide bonds. The number of hydrogen-bond acceptors (Lipinski definition) is 4. The van der Waals surface area contributed by atoms with Crippen LogP contribution in [0.4, 0.5) is 0 Å². The zero-order valence-corrected chi connectivity index (χ0v) is 9.72. The molecule has 0 saturated heterocycles. The molecule has 5 heteroatoms. The molecular weight excluding hydrogens is 272 g/mol. The molecule has 0 atom stereocenters. The molecule has 80 valence electrons. The van der Waals surface area contributed by atoms with E-state index in [1.54, 1.807) is 6.07 Å². The van der Waals surface area contributed by atoms with Gasteiger partial charge in [0.05, 0.1) is 22.9 Å². The van der Waals surface area contributed by atoms with Gasteiger partial charge in [0, 0.05) is 4.47 Å². The summed E-state index contributed by atoms with van der Waals surface area (Å²) < 4.78 is 0.875. The Kier molecular flexibility index (Phi) is 3.05. The highest BCUT2D eigenvalue weighted by atomic mass is 79.9. The highest BCUT2D eigenvalue weighted by Gasteiger charge is 2.11. The molecular formula is C11H7BrN2O2. The van der Waals surface area contributed by atoms with E-state index in [9.17, 15) is 9.59 Å². The fraction of sp³-hybridized carbons (Fsp3) is 0.0909. The second-order valence-electron chi connectivity index (χ2n) is 3.23. The monoisotopic (exact) mass is 278 g/mol. The quantitative estimate of drug-likeness (QED) is 0.635. The third-order valence-corrected chi connectivity index (χ3v) is 2.65. The maximum Gasteiger partial charge on any atom is 0.136 e. The van der Waals surface area contributed by atoms with Crippen molar-refractivity contribution in [3.63, 3.8) is 0 Å². The fourth-order valence-electron chi connectivity index (χ4n) is 1.33. The van der Waals surface area contributed by atoms with Gasteiger partial charge >= 0.3 is 0 Å². The lowest BCUT2D eigenvalue weighted by Gasteiger charge is -2.03. The number of carbonyl (C=O) groups is 2. The number of nitrogens with zero attached hydrogens (tertiary/aromatic N) is 2. The van der Waals surface area contributed by atoms with Gasteiger partial charge in [-0.3, -0.25) is 4.98 Å². The van der Waals surface area contributed by atoms with Crippen LogP contribution in [0.1, 0.15) is 11.6 Å². The van der Waals surface area contributed by atoms with E-state index >= 15 is 0 Å².